The third-order valence-electron chi connectivity index (χ3n) is 3.11. The molecule has 1 aliphatic heterocycles. The molecule has 2 aromatic heterocycles. The molecular weight excluding hydrogens is 254 g/mol. The number of hydrogen-bond donors (Lipinski definition) is 0. The lowest BCUT2D eigenvalue weighted by Gasteiger charge is -2.27. The SMILES string of the molecule is Cc1cc2nc(Cl)nc(N3CCCCC3)c2s1. The first-order valence-electron chi connectivity index (χ1n) is 5.93. The molecule has 0 unspecified atom stereocenters. The van der Waals surface area contributed by atoms with E-state index in [0.717, 1.165) is 24.4 Å². The van der Waals surface area contributed by atoms with Crippen molar-refractivity contribution in [2.75, 3.05) is 18.0 Å². The highest BCUT2D eigenvalue weighted by atomic mass is 35.5. The lowest BCUT2D eigenvalue weighted by molar-refractivity contribution is 0.575. The van der Waals surface area contributed by atoms with E-state index in [1.165, 1.54) is 28.8 Å². The monoisotopic (exact) mass is 267 g/mol. The molecule has 2 aromatic rings. The van der Waals surface area contributed by atoms with Gasteiger partial charge in [-0.15, -0.1) is 11.3 Å². The van der Waals surface area contributed by atoms with Crippen molar-refractivity contribution in [3.63, 3.8) is 0 Å². The number of aromatic nitrogens is 2. The molecule has 3 heterocycles. The average molecular weight is 268 g/mol. The molecular formula is C12H14ClN3S. The van der Waals surface area contributed by atoms with Crippen LogP contribution in [-0.2, 0) is 0 Å². The Morgan fingerprint density at radius 3 is 2.76 bits per heavy atom. The molecule has 1 saturated heterocycles. The van der Waals surface area contributed by atoms with Gasteiger partial charge in [0.15, 0.2) is 5.82 Å². The van der Waals surface area contributed by atoms with Gasteiger partial charge in [0, 0.05) is 18.0 Å². The molecule has 90 valence electrons. The minimum atomic E-state index is 0.357. The van der Waals surface area contributed by atoms with Crippen LogP contribution in [0.1, 0.15) is 24.1 Å². The van der Waals surface area contributed by atoms with E-state index in [1.54, 1.807) is 11.3 Å². The van der Waals surface area contributed by atoms with Crippen LogP contribution in [0.2, 0.25) is 5.28 Å². The van der Waals surface area contributed by atoms with Crippen LogP contribution >= 0.6 is 22.9 Å². The van der Waals surface area contributed by atoms with Crippen molar-refractivity contribution in [1.29, 1.82) is 0 Å². The Labute approximate surface area is 109 Å². The lowest BCUT2D eigenvalue weighted by atomic mass is 10.1. The summed E-state index contributed by atoms with van der Waals surface area (Å²) in [4.78, 5) is 12.3. The van der Waals surface area contributed by atoms with Crippen LogP contribution in [0.3, 0.4) is 0 Å². The minimum Gasteiger partial charge on any atom is -0.355 e. The Morgan fingerprint density at radius 1 is 1.24 bits per heavy atom. The molecule has 0 spiro atoms. The van der Waals surface area contributed by atoms with Crippen molar-refractivity contribution in [1.82, 2.24) is 9.97 Å². The van der Waals surface area contributed by atoms with Gasteiger partial charge in [0.1, 0.15) is 0 Å². The lowest BCUT2D eigenvalue weighted by Crippen LogP contribution is -2.30. The molecule has 3 rings (SSSR count). The third kappa shape index (κ3) is 2.11. The van der Waals surface area contributed by atoms with Crippen molar-refractivity contribution in [2.24, 2.45) is 0 Å². The van der Waals surface area contributed by atoms with E-state index in [9.17, 15) is 0 Å². The van der Waals surface area contributed by atoms with Gasteiger partial charge in [0.2, 0.25) is 5.28 Å². The molecule has 17 heavy (non-hydrogen) atoms. The summed E-state index contributed by atoms with van der Waals surface area (Å²) in [6.45, 7) is 4.26. The third-order valence-corrected chi connectivity index (χ3v) is 4.31. The second-order valence-corrected chi connectivity index (χ2v) is 6.03. The van der Waals surface area contributed by atoms with Crippen LogP contribution in [0.4, 0.5) is 5.82 Å². The van der Waals surface area contributed by atoms with Crippen LogP contribution < -0.4 is 4.90 Å². The molecule has 1 aliphatic rings. The summed E-state index contributed by atoms with van der Waals surface area (Å²) >= 11 is 7.76. The van der Waals surface area contributed by atoms with E-state index in [1.807, 2.05) is 0 Å². The van der Waals surface area contributed by atoms with Crippen molar-refractivity contribution in [3.05, 3.63) is 16.2 Å². The number of thiophene rings is 1. The minimum absolute atomic E-state index is 0.357. The van der Waals surface area contributed by atoms with Gasteiger partial charge >= 0.3 is 0 Å². The zero-order valence-electron chi connectivity index (χ0n) is 9.74. The Hall–Kier alpha value is -0.870. The van der Waals surface area contributed by atoms with Gasteiger partial charge in [-0.3, -0.25) is 0 Å². The molecule has 0 bridgehead atoms. The number of anilines is 1. The Morgan fingerprint density at radius 2 is 2.00 bits per heavy atom. The normalized spacial score (nSPS) is 16.7. The maximum absolute atomic E-state index is 6.01. The molecule has 0 aromatic carbocycles. The number of nitrogens with zero attached hydrogens (tertiary/aromatic N) is 3. The molecule has 1 fully saturated rings. The Bertz CT molecular complexity index is 546. The van der Waals surface area contributed by atoms with Gasteiger partial charge in [-0.05, 0) is 43.9 Å². The fourth-order valence-electron chi connectivity index (χ4n) is 2.33. The summed E-state index contributed by atoms with van der Waals surface area (Å²) in [5, 5.41) is 0.357. The smallest absolute Gasteiger partial charge is 0.224 e. The standard InChI is InChI=1S/C12H14ClN3S/c1-8-7-9-10(17-8)11(15-12(13)14-9)16-5-3-2-4-6-16/h7H,2-6H2,1H3. The number of aryl methyl sites for hydroxylation is 1. The fraction of sp³-hybridized carbons (Fsp3) is 0.500. The van der Waals surface area contributed by atoms with E-state index in [2.05, 4.69) is 27.9 Å². The van der Waals surface area contributed by atoms with Gasteiger partial charge in [-0.1, -0.05) is 0 Å². The van der Waals surface area contributed by atoms with E-state index in [-0.39, 0.29) is 0 Å². The van der Waals surface area contributed by atoms with E-state index in [4.69, 9.17) is 11.6 Å². The maximum Gasteiger partial charge on any atom is 0.224 e. The predicted octanol–water partition coefficient (Wildman–Crippen LogP) is 3.64. The largest absolute Gasteiger partial charge is 0.355 e. The molecule has 0 aliphatic carbocycles. The van der Waals surface area contributed by atoms with E-state index < -0.39 is 0 Å². The van der Waals surface area contributed by atoms with Crippen molar-refractivity contribution >= 4 is 39.0 Å². The Balaban J connectivity index is 2.12. The van der Waals surface area contributed by atoms with E-state index in [0.29, 0.717) is 5.28 Å². The first-order valence-corrected chi connectivity index (χ1v) is 7.12. The van der Waals surface area contributed by atoms with Crippen molar-refractivity contribution < 1.29 is 0 Å². The maximum atomic E-state index is 6.01. The van der Waals surface area contributed by atoms with Crippen LogP contribution in [-0.4, -0.2) is 23.1 Å². The molecule has 3 nitrogen and oxygen atoms in total. The van der Waals surface area contributed by atoms with Gasteiger partial charge in [0.05, 0.1) is 10.2 Å². The second kappa shape index (κ2) is 4.42. The highest BCUT2D eigenvalue weighted by Gasteiger charge is 2.18. The molecule has 5 heteroatoms. The first-order chi connectivity index (χ1) is 8.24. The second-order valence-electron chi connectivity index (χ2n) is 4.44. The summed E-state index contributed by atoms with van der Waals surface area (Å²) in [5.41, 5.74) is 0.980. The first kappa shape index (κ1) is 11.2. The van der Waals surface area contributed by atoms with Crippen LogP contribution in [0.25, 0.3) is 10.2 Å². The average Bonchev–Trinajstić information content (AvgIpc) is 2.69. The van der Waals surface area contributed by atoms with E-state index >= 15 is 0 Å². The van der Waals surface area contributed by atoms with Gasteiger partial charge in [-0.25, -0.2) is 4.98 Å². The highest BCUT2D eigenvalue weighted by Crippen LogP contribution is 2.33. The van der Waals surface area contributed by atoms with Gasteiger partial charge < -0.3 is 4.90 Å². The molecule has 0 radical (unpaired) electrons. The van der Waals surface area contributed by atoms with Crippen LogP contribution in [0.15, 0.2) is 6.07 Å². The van der Waals surface area contributed by atoms with Gasteiger partial charge in [0.25, 0.3) is 0 Å². The molecule has 0 amide bonds. The van der Waals surface area contributed by atoms with Gasteiger partial charge in [-0.2, -0.15) is 4.98 Å². The Kier molecular flexibility index (Phi) is 2.92. The number of rotatable bonds is 1. The predicted molar refractivity (Wildman–Crippen MR) is 73.2 cm³/mol. The summed E-state index contributed by atoms with van der Waals surface area (Å²) in [6, 6.07) is 2.08. The fourth-order valence-corrected chi connectivity index (χ4v) is 3.47. The number of piperidine rings is 1. The topological polar surface area (TPSA) is 29.0 Å². The quantitative estimate of drug-likeness (QED) is 0.739. The van der Waals surface area contributed by atoms with Crippen molar-refractivity contribution in [3.8, 4) is 0 Å². The summed E-state index contributed by atoms with van der Waals surface area (Å²) in [6.07, 6.45) is 3.81. The number of fused-ring (bicyclic) bond motifs is 1. The molecule has 0 atom stereocenters. The van der Waals surface area contributed by atoms with Crippen LogP contribution in [0, 0.1) is 6.92 Å². The zero-order valence-corrected chi connectivity index (χ0v) is 11.3. The van der Waals surface area contributed by atoms with Crippen LogP contribution in [0.5, 0.6) is 0 Å². The molecule has 0 N–H and O–H groups in total. The zero-order chi connectivity index (χ0) is 11.8. The summed E-state index contributed by atoms with van der Waals surface area (Å²) in [7, 11) is 0. The number of hydrogen-bond acceptors (Lipinski definition) is 4. The molecule has 0 saturated carbocycles. The summed E-state index contributed by atoms with van der Waals surface area (Å²) in [5.74, 6) is 1.03. The summed E-state index contributed by atoms with van der Waals surface area (Å²) < 4.78 is 1.17. The number of halogens is 1. The van der Waals surface area contributed by atoms with Crippen molar-refractivity contribution in [2.45, 2.75) is 26.2 Å². The highest BCUT2D eigenvalue weighted by molar-refractivity contribution is 7.19.